The van der Waals surface area contributed by atoms with Crippen molar-refractivity contribution in [1.29, 1.82) is 0 Å². The molecule has 0 saturated heterocycles. The molecular weight excluding hydrogens is 475 g/mol. The maximum absolute atomic E-state index is 13.0. The van der Waals surface area contributed by atoms with Crippen molar-refractivity contribution in [3.63, 3.8) is 0 Å². The van der Waals surface area contributed by atoms with Crippen LogP contribution in [0.25, 0.3) is 34.3 Å². The molecule has 182 valence electrons. The van der Waals surface area contributed by atoms with E-state index in [9.17, 15) is 21.6 Å². The predicted octanol–water partition coefficient (Wildman–Crippen LogP) is 6.50. The van der Waals surface area contributed by atoms with Crippen molar-refractivity contribution in [2.75, 3.05) is 0 Å². The molecule has 0 bridgehead atoms. The van der Waals surface area contributed by atoms with Crippen molar-refractivity contribution in [3.8, 4) is 11.1 Å². The van der Waals surface area contributed by atoms with Gasteiger partial charge in [-0.2, -0.15) is 13.2 Å². The summed E-state index contributed by atoms with van der Waals surface area (Å²) in [6.07, 6.45) is -1.04. The van der Waals surface area contributed by atoms with Crippen molar-refractivity contribution in [2.45, 2.75) is 37.4 Å². The number of rotatable bonds is 5. The highest BCUT2D eigenvalue weighted by Crippen LogP contribution is 2.31. The summed E-state index contributed by atoms with van der Waals surface area (Å²) in [4.78, 5) is 7.86. The van der Waals surface area contributed by atoms with E-state index in [1.807, 2.05) is 12.1 Å². The first-order valence-electron chi connectivity index (χ1n) is 10.8. The van der Waals surface area contributed by atoms with Crippen LogP contribution in [0, 0.1) is 0 Å². The van der Waals surface area contributed by atoms with Gasteiger partial charge < -0.3 is 4.98 Å². The second-order valence-corrected chi connectivity index (χ2v) is 10.8. The Bertz CT molecular complexity index is 1500. The molecule has 35 heavy (non-hydrogen) atoms. The first-order valence-corrected chi connectivity index (χ1v) is 12.3. The van der Waals surface area contributed by atoms with Gasteiger partial charge in [0, 0.05) is 11.1 Å². The summed E-state index contributed by atoms with van der Waals surface area (Å²) in [5, 5.41) is 0. The van der Waals surface area contributed by atoms with Gasteiger partial charge in [-0.3, -0.25) is 0 Å². The molecule has 0 aliphatic carbocycles. The van der Waals surface area contributed by atoms with Gasteiger partial charge in [0.2, 0.25) is 10.0 Å². The highest BCUT2D eigenvalue weighted by molar-refractivity contribution is 7.89. The molecule has 1 heterocycles. The molecule has 0 saturated carbocycles. The number of benzene rings is 3. The Kier molecular flexibility index (Phi) is 6.33. The number of alkyl halides is 3. The molecule has 0 aliphatic rings. The summed E-state index contributed by atoms with van der Waals surface area (Å²) in [6.45, 7) is 5.34. The molecule has 0 radical (unpaired) electrons. The highest BCUT2D eigenvalue weighted by atomic mass is 32.2. The Morgan fingerprint density at radius 1 is 0.914 bits per heavy atom. The fraction of sp³-hybridized carbons (Fsp3) is 0.192. The summed E-state index contributed by atoms with van der Waals surface area (Å²) in [6, 6.07) is 17.0. The minimum Gasteiger partial charge on any atom is -0.338 e. The maximum atomic E-state index is 13.0. The smallest absolute Gasteiger partial charge is 0.338 e. The molecule has 4 rings (SSSR count). The van der Waals surface area contributed by atoms with Gasteiger partial charge >= 0.3 is 6.18 Å². The average molecular weight is 500 g/mol. The molecule has 0 unspecified atom stereocenters. The van der Waals surface area contributed by atoms with Gasteiger partial charge in [-0.1, -0.05) is 42.5 Å². The molecular formula is C26H24F3N3O2S. The standard InChI is InChI=1S/C26H24F3N3O2S/c1-25(2,3)32-35(33,34)23-7-5-4-6-20(23)18-11-14-21-22(16-18)31-24(30-21)15-10-17-8-12-19(13-9-17)26(27,28)29/h4-16,32H,1-3H3,(H,30,31). The van der Waals surface area contributed by atoms with Crippen LogP contribution in [-0.2, 0) is 16.2 Å². The van der Waals surface area contributed by atoms with E-state index in [1.165, 1.54) is 12.1 Å². The lowest BCUT2D eigenvalue weighted by molar-refractivity contribution is -0.137. The van der Waals surface area contributed by atoms with E-state index in [0.717, 1.165) is 17.6 Å². The van der Waals surface area contributed by atoms with Gasteiger partial charge in [-0.25, -0.2) is 18.1 Å². The normalized spacial score (nSPS) is 13.1. The van der Waals surface area contributed by atoms with E-state index in [1.54, 1.807) is 63.3 Å². The van der Waals surface area contributed by atoms with Crippen LogP contribution in [0.4, 0.5) is 13.2 Å². The second kappa shape index (κ2) is 8.98. The Balaban J connectivity index is 1.64. The van der Waals surface area contributed by atoms with Crippen LogP contribution in [0.2, 0.25) is 0 Å². The first-order chi connectivity index (χ1) is 16.3. The van der Waals surface area contributed by atoms with E-state index in [2.05, 4.69) is 14.7 Å². The van der Waals surface area contributed by atoms with Crippen molar-refractivity contribution >= 4 is 33.2 Å². The van der Waals surface area contributed by atoms with Crippen molar-refractivity contribution in [3.05, 3.63) is 83.7 Å². The third-order valence-electron chi connectivity index (χ3n) is 5.10. The zero-order valence-corrected chi connectivity index (χ0v) is 20.1. The molecule has 0 spiro atoms. The SMILES string of the molecule is CC(C)(C)NS(=O)(=O)c1ccccc1-c1ccc2[nH]c(C=Cc3ccc(C(F)(F)F)cc3)nc2c1. The molecule has 3 aromatic carbocycles. The van der Waals surface area contributed by atoms with Gasteiger partial charge in [0.05, 0.1) is 21.5 Å². The fourth-order valence-electron chi connectivity index (χ4n) is 3.63. The molecule has 0 aliphatic heterocycles. The molecule has 1 aromatic heterocycles. The zero-order valence-electron chi connectivity index (χ0n) is 19.3. The monoisotopic (exact) mass is 499 g/mol. The quantitative estimate of drug-likeness (QED) is 0.329. The zero-order chi connectivity index (χ0) is 25.4. The molecule has 0 amide bonds. The second-order valence-electron chi connectivity index (χ2n) is 9.16. The lowest BCUT2D eigenvalue weighted by Crippen LogP contribution is -2.40. The number of nitrogens with one attached hydrogen (secondary N) is 2. The number of aromatic nitrogens is 2. The minimum absolute atomic E-state index is 0.173. The van der Waals surface area contributed by atoms with Gasteiger partial charge in [-0.15, -0.1) is 0 Å². The number of fused-ring (bicyclic) bond motifs is 1. The first kappa shape index (κ1) is 24.7. The third-order valence-corrected chi connectivity index (χ3v) is 6.92. The number of imidazole rings is 1. The topological polar surface area (TPSA) is 74.8 Å². The van der Waals surface area contributed by atoms with Crippen LogP contribution in [0.15, 0.2) is 71.6 Å². The number of nitrogens with zero attached hydrogens (tertiary/aromatic N) is 1. The van der Waals surface area contributed by atoms with Gasteiger partial charge in [-0.05, 0) is 68.3 Å². The van der Waals surface area contributed by atoms with Crippen molar-refractivity contribution in [2.24, 2.45) is 0 Å². The van der Waals surface area contributed by atoms with Crippen molar-refractivity contribution in [1.82, 2.24) is 14.7 Å². The molecule has 4 aromatic rings. The molecule has 0 fully saturated rings. The summed E-state index contributed by atoms with van der Waals surface area (Å²) in [5.74, 6) is 0.521. The number of sulfonamides is 1. The Labute approximate surface area is 201 Å². The largest absolute Gasteiger partial charge is 0.416 e. The van der Waals surface area contributed by atoms with Crippen LogP contribution in [-0.4, -0.2) is 23.9 Å². The third kappa shape index (κ3) is 5.80. The van der Waals surface area contributed by atoms with Crippen LogP contribution < -0.4 is 4.72 Å². The van der Waals surface area contributed by atoms with E-state index >= 15 is 0 Å². The van der Waals surface area contributed by atoms with E-state index in [0.29, 0.717) is 28.0 Å². The highest BCUT2D eigenvalue weighted by Gasteiger charge is 2.29. The number of hydrogen-bond donors (Lipinski definition) is 2. The average Bonchev–Trinajstić information content (AvgIpc) is 3.18. The van der Waals surface area contributed by atoms with Crippen molar-refractivity contribution < 1.29 is 21.6 Å². The van der Waals surface area contributed by atoms with Gasteiger partial charge in [0.1, 0.15) is 5.82 Å². The predicted molar refractivity (Wildman–Crippen MR) is 132 cm³/mol. The summed E-state index contributed by atoms with van der Waals surface area (Å²) >= 11 is 0. The lowest BCUT2D eigenvalue weighted by atomic mass is 10.1. The van der Waals surface area contributed by atoms with Crippen LogP contribution in [0.5, 0.6) is 0 Å². The van der Waals surface area contributed by atoms with E-state index in [4.69, 9.17) is 0 Å². The molecule has 0 atom stereocenters. The molecule has 9 heteroatoms. The van der Waals surface area contributed by atoms with Crippen LogP contribution in [0.3, 0.4) is 0 Å². The van der Waals surface area contributed by atoms with Gasteiger partial charge in [0.25, 0.3) is 0 Å². The fourth-order valence-corrected chi connectivity index (χ4v) is 5.28. The minimum atomic E-state index is -4.38. The Morgan fingerprint density at radius 2 is 1.60 bits per heavy atom. The van der Waals surface area contributed by atoms with Crippen LogP contribution >= 0.6 is 0 Å². The summed E-state index contributed by atoms with van der Waals surface area (Å²) in [7, 11) is -3.76. The van der Waals surface area contributed by atoms with Crippen LogP contribution in [0.1, 0.15) is 37.7 Å². The number of H-pyrrole nitrogens is 1. The Hall–Kier alpha value is -3.43. The Morgan fingerprint density at radius 3 is 2.26 bits per heavy atom. The van der Waals surface area contributed by atoms with Gasteiger partial charge in [0.15, 0.2) is 0 Å². The molecule has 2 N–H and O–H groups in total. The van der Waals surface area contributed by atoms with E-state index < -0.39 is 27.3 Å². The number of halogens is 3. The lowest BCUT2D eigenvalue weighted by Gasteiger charge is -2.21. The molecule has 5 nitrogen and oxygen atoms in total. The number of hydrogen-bond acceptors (Lipinski definition) is 3. The van der Waals surface area contributed by atoms with E-state index in [-0.39, 0.29) is 4.90 Å². The number of aromatic amines is 1. The summed E-state index contributed by atoms with van der Waals surface area (Å²) < 4.78 is 66.9. The maximum Gasteiger partial charge on any atom is 0.416 e. The summed E-state index contributed by atoms with van der Waals surface area (Å²) in [5.41, 5.74) is 1.88.